The Balaban J connectivity index is 2.13. The van der Waals surface area contributed by atoms with Crippen LogP contribution in [0, 0.1) is 6.92 Å². The van der Waals surface area contributed by atoms with Crippen molar-refractivity contribution in [2.75, 3.05) is 26.7 Å². The third-order valence-electron chi connectivity index (χ3n) is 2.37. The fraction of sp³-hybridized carbons (Fsp3) is 0.500. The number of carbonyl (C=O) groups is 2. The molecule has 1 aromatic rings. The van der Waals surface area contributed by atoms with Crippen molar-refractivity contribution in [1.82, 2.24) is 16.0 Å². The normalized spacial score (nSPS) is 10.1. The van der Waals surface area contributed by atoms with Gasteiger partial charge in [-0.2, -0.15) is 0 Å². The van der Waals surface area contributed by atoms with Gasteiger partial charge in [0, 0.05) is 18.7 Å². The summed E-state index contributed by atoms with van der Waals surface area (Å²) in [6.45, 7) is 3.16. The van der Waals surface area contributed by atoms with Gasteiger partial charge in [0.2, 0.25) is 5.91 Å². The molecule has 6 heteroatoms. The Labute approximate surface area is 106 Å². The standard InChI is InChI=1S/C12H19N3O3/c1-9-4-7-18-11(9)12(17)15-6-3-5-14-10(16)8-13-2/h4,7,13H,3,5-6,8H2,1-2H3,(H,14,16)(H,15,17). The van der Waals surface area contributed by atoms with Gasteiger partial charge >= 0.3 is 0 Å². The Bertz CT molecular complexity index is 401. The lowest BCUT2D eigenvalue weighted by molar-refractivity contribution is -0.120. The summed E-state index contributed by atoms with van der Waals surface area (Å²) >= 11 is 0. The minimum absolute atomic E-state index is 0.0503. The van der Waals surface area contributed by atoms with E-state index in [4.69, 9.17) is 4.42 Å². The lowest BCUT2D eigenvalue weighted by Crippen LogP contribution is -2.34. The van der Waals surface area contributed by atoms with Gasteiger partial charge in [0.1, 0.15) is 0 Å². The van der Waals surface area contributed by atoms with Crippen LogP contribution in [-0.2, 0) is 4.79 Å². The van der Waals surface area contributed by atoms with Gasteiger partial charge in [0.15, 0.2) is 5.76 Å². The Morgan fingerprint density at radius 2 is 2.00 bits per heavy atom. The Morgan fingerprint density at radius 1 is 1.28 bits per heavy atom. The molecule has 0 radical (unpaired) electrons. The van der Waals surface area contributed by atoms with Crippen LogP contribution in [0.4, 0.5) is 0 Å². The summed E-state index contributed by atoms with van der Waals surface area (Å²) in [7, 11) is 1.71. The van der Waals surface area contributed by atoms with Gasteiger partial charge in [-0.3, -0.25) is 9.59 Å². The molecule has 0 saturated carbocycles. The summed E-state index contributed by atoms with van der Waals surface area (Å²) in [4.78, 5) is 22.7. The number of amides is 2. The van der Waals surface area contributed by atoms with Crippen LogP contribution in [0.25, 0.3) is 0 Å². The molecule has 0 saturated heterocycles. The molecule has 18 heavy (non-hydrogen) atoms. The average Bonchev–Trinajstić information content (AvgIpc) is 2.75. The van der Waals surface area contributed by atoms with Crippen molar-refractivity contribution in [2.24, 2.45) is 0 Å². The Kier molecular flexibility index (Phi) is 5.93. The predicted octanol–water partition coefficient (Wildman–Crippen LogP) is 0.0435. The molecule has 2 amide bonds. The number of rotatable bonds is 7. The van der Waals surface area contributed by atoms with E-state index in [1.165, 1.54) is 6.26 Å². The van der Waals surface area contributed by atoms with E-state index in [2.05, 4.69) is 16.0 Å². The maximum Gasteiger partial charge on any atom is 0.287 e. The smallest absolute Gasteiger partial charge is 0.287 e. The van der Waals surface area contributed by atoms with Gasteiger partial charge < -0.3 is 20.4 Å². The zero-order valence-corrected chi connectivity index (χ0v) is 10.7. The topological polar surface area (TPSA) is 83.4 Å². The van der Waals surface area contributed by atoms with E-state index in [1.54, 1.807) is 13.1 Å². The van der Waals surface area contributed by atoms with Crippen LogP contribution in [0.2, 0.25) is 0 Å². The van der Waals surface area contributed by atoms with E-state index in [-0.39, 0.29) is 11.8 Å². The number of hydrogen-bond acceptors (Lipinski definition) is 4. The van der Waals surface area contributed by atoms with Gasteiger partial charge in [0.05, 0.1) is 12.8 Å². The molecule has 1 aromatic heterocycles. The van der Waals surface area contributed by atoms with Crippen LogP contribution in [0.3, 0.4) is 0 Å². The molecule has 0 unspecified atom stereocenters. The van der Waals surface area contributed by atoms with Gasteiger partial charge in [-0.05, 0) is 26.5 Å². The van der Waals surface area contributed by atoms with Crippen molar-refractivity contribution in [3.63, 3.8) is 0 Å². The fourth-order valence-electron chi connectivity index (χ4n) is 1.43. The highest BCUT2D eigenvalue weighted by Gasteiger charge is 2.11. The second-order valence-corrected chi connectivity index (χ2v) is 3.92. The summed E-state index contributed by atoms with van der Waals surface area (Å²) in [6.07, 6.45) is 2.17. The molecule has 0 aliphatic carbocycles. The van der Waals surface area contributed by atoms with Gasteiger partial charge in [-0.15, -0.1) is 0 Å². The van der Waals surface area contributed by atoms with Crippen LogP contribution in [0.1, 0.15) is 22.5 Å². The van der Waals surface area contributed by atoms with E-state index < -0.39 is 0 Å². The van der Waals surface area contributed by atoms with E-state index in [0.717, 1.165) is 5.56 Å². The summed E-state index contributed by atoms with van der Waals surface area (Å²) in [5.74, 6) is 0.0685. The minimum atomic E-state index is -0.223. The summed E-state index contributed by atoms with van der Waals surface area (Å²) in [5, 5.41) is 8.22. The summed E-state index contributed by atoms with van der Waals surface area (Å²) < 4.78 is 5.06. The van der Waals surface area contributed by atoms with Crippen LogP contribution < -0.4 is 16.0 Å². The first-order chi connectivity index (χ1) is 8.65. The van der Waals surface area contributed by atoms with Gasteiger partial charge in [-0.1, -0.05) is 0 Å². The highest BCUT2D eigenvalue weighted by atomic mass is 16.3. The lowest BCUT2D eigenvalue weighted by Gasteiger charge is -2.06. The lowest BCUT2D eigenvalue weighted by atomic mass is 10.2. The second kappa shape index (κ2) is 7.50. The third-order valence-corrected chi connectivity index (χ3v) is 2.37. The van der Waals surface area contributed by atoms with E-state index >= 15 is 0 Å². The van der Waals surface area contributed by atoms with Gasteiger partial charge in [0.25, 0.3) is 5.91 Å². The fourth-order valence-corrected chi connectivity index (χ4v) is 1.43. The quantitative estimate of drug-likeness (QED) is 0.599. The van der Waals surface area contributed by atoms with Crippen molar-refractivity contribution in [3.05, 3.63) is 23.7 Å². The molecular formula is C12H19N3O3. The molecule has 0 aliphatic rings. The van der Waals surface area contributed by atoms with E-state index in [1.807, 2.05) is 6.92 Å². The monoisotopic (exact) mass is 253 g/mol. The van der Waals surface area contributed by atoms with Crippen LogP contribution in [0.5, 0.6) is 0 Å². The highest BCUT2D eigenvalue weighted by molar-refractivity contribution is 5.92. The highest BCUT2D eigenvalue weighted by Crippen LogP contribution is 2.07. The summed E-state index contributed by atoms with van der Waals surface area (Å²) in [6, 6.07) is 1.74. The van der Waals surface area contributed by atoms with E-state index in [9.17, 15) is 9.59 Å². The molecule has 0 atom stereocenters. The summed E-state index contributed by atoms with van der Waals surface area (Å²) in [5.41, 5.74) is 0.815. The molecule has 1 rings (SSSR count). The molecular weight excluding hydrogens is 234 g/mol. The zero-order chi connectivity index (χ0) is 13.4. The number of nitrogens with one attached hydrogen (secondary N) is 3. The molecule has 0 aliphatic heterocycles. The second-order valence-electron chi connectivity index (χ2n) is 3.92. The van der Waals surface area contributed by atoms with Crippen molar-refractivity contribution >= 4 is 11.8 Å². The number of carbonyl (C=O) groups excluding carboxylic acids is 2. The molecule has 1 heterocycles. The number of likely N-dealkylation sites (N-methyl/N-ethyl adjacent to an activating group) is 1. The number of furan rings is 1. The number of aryl methyl sites for hydroxylation is 1. The maximum absolute atomic E-state index is 11.6. The Hall–Kier alpha value is -1.82. The number of hydrogen-bond donors (Lipinski definition) is 3. The first kappa shape index (κ1) is 14.2. The molecule has 100 valence electrons. The van der Waals surface area contributed by atoms with Crippen LogP contribution >= 0.6 is 0 Å². The zero-order valence-electron chi connectivity index (χ0n) is 10.7. The van der Waals surface area contributed by atoms with Crippen LogP contribution in [0.15, 0.2) is 16.7 Å². The molecule has 6 nitrogen and oxygen atoms in total. The molecule has 0 aromatic carbocycles. The predicted molar refractivity (Wildman–Crippen MR) is 67.3 cm³/mol. The minimum Gasteiger partial charge on any atom is -0.459 e. The van der Waals surface area contributed by atoms with Gasteiger partial charge in [-0.25, -0.2) is 0 Å². The first-order valence-corrected chi connectivity index (χ1v) is 5.88. The van der Waals surface area contributed by atoms with E-state index in [0.29, 0.717) is 31.8 Å². The van der Waals surface area contributed by atoms with Crippen molar-refractivity contribution in [3.8, 4) is 0 Å². The van der Waals surface area contributed by atoms with Crippen LogP contribution in [-0.4, -0.2) is 38.5 Å². The average molecular weight is 253 g/mol. The van der Waals surface area contributed by atoms with Crippen molar-refractivity contribution in [2.45, 2.75) is 13.3 Å². The molecule has 3 N–H and O–H groups in total. The molecule has 0 fully saturated rings. The van der Waals surface area contributed by atoms with Crippen molar-refractivity contribution < 1.29 is 14.0 Å². The third kappa shape index (κ3) is 4.58. The largest absolute Gasteiger partial charge is 0.459 e. The maximum atomic E-state index is 11.6. The first-order valence-electron chi connectivity index (χ1n) is 5.88. The Morgan fingerprint density at radius 3 is 2.61 bits per heavy atom. The van der Waals surface area contributed by atoms with Crippen molar-refractivity contribution in [1.29, 1.82) is 0 Å². The SMILES string of the molecule is CNCC(=O)NCCCNC(=O)c1occc1C. The molecule has 0 bridgehead atoms. The molecule has 0 spiro atoms.